The number of aliphatic hydroxyl groups excluding tert-OH is 1. The van der Waals surface area contributed by atoms with Gasteiger partial charge >= 0.3 is 0 Å². The molecule has 138 valence electrons. The predicted octanol–water partition coefficient (Wildman–Crippen LogP) is 3.60. The number of rotatable bonds is 4. The molecule has 0 spiro atoms. The van der Waals surface area contributed by atoms with Gasteiger partial charge in [-0.15, -0.1) is 0 Å². The number of hydrogen-bond acceptors (Lipinski definition) is 4. The average molecular weight is 346 g/mol. The molecule has 6 atom stereocenters. The highest BCUT2D eigenvalue weighted by Crippen LogP contribution is 2.63. The van der Waals surface area contributed by atoms with Crippen molar-refractivity contribution in [1.29, 1.82) is 0 Å². The molecule has 0 heterocycles. The molecule has 0 aromatic heterocycles. The number of hydrogen-bond donors (Lipinski definition) is 1. The van der Waals surface area contributed by atoms with Crippen molar-refractivity contribution in [2.75, 3.05) is 13.2 Å². The first-order chi connectivity index (χ1) is 12.0. The summed E-state index contributed by atoms with van der Waals surface area (Å²) >= 11 is 0. The maximum absolute atomic E-state index is 13.1. The monoisotopic (exact) mass is 346 g/mol. The van der Waals surface area contributed by atoms with E-state index in [2.05, 4.69) is 6.92 Å². The van der Waals surface area contributed by atoms with E-state index in [0.717, 1.165) is 37.7 Å². The number of carbonyl (C=O) groups is 1. The van der Waals surface area contributed by atoms with Crippen LogP contribution in [0.3, 0.4) is 0 Å². The Labute approximate surface area is 150 Å². The summed E-state index contributed by atoms with van der Waals surface area (Å²) in [7, 11) is 0. The molecule has 4 heteroatoms. The topological polar surface area (TPSA) is 55.8 Å². The Kier molecular flexibility index (Phi) is 4.41. The van der Waals surface area contributed by atoms with E-state index in [4.69, 9.17) is 9.78 Å². The van der Waals surface area contributed by atoms with Gasteiger partial charge in [-0.25, -0.2) is 9.78 Å². The normalized spacial score (nSPS) is 45.6. The van der Waals surface area contributed by atoms with Crippen LogP contribution in [0.1, 0.15) is 52.4 Å². The molecule has 0 bridgehead atoms. The van der Waals surface area contributed by atoms with Crippen LogP contribution in [0.15, 0.2) is 23.8 Å². The second kappa shape index (κ2) is 6.33. The van der Waals surface area contributed by atoms with Crippen LogP contribution in [0.25, 0.3) is 0 Å². The van der Waals surface area contributed by atoms with Gasteiger partial charge in [-0.1, -0.05) is 25.5 Å². The highest BCUT2D eigenvalue weighted by Gasteiger charge is 2.59. The zero-order chi connectivity index (χ0) is 17.7. The molecule has 4 aliphatic carbocycles. The second-order valence-corrected chi connectivity index (χ2v) is 8.75. The van der Waals surface area contributed by atoms with Gasteiger partial charge in [-0.2, -0.15) is 0 Å². The van der Waals surface area contributed by atoms with Gasteiger partial charge in [-0.05, 0) is 67.9 Å². The molecule has 0 aromatic rings. The Morgan fingerprint density at radius 2 is 2.08 bits per heavy atom. The minimum atomic E-state index is -0.396. The number of aliphatic hydroxyl groups is 1. The molecule has 1 N–H and O–H groups in total. The van der Waals surface area contributed by atoms with E-state index < -0.39 is 6.10 Å². The highest BCUT2D eigenvalue weighted by atomic mass is 17.2. The van der Waals surface area contributed by atoms with Crippen LogP contribution >= 0.6 is 0 Å². The average Bonchev–Trinajstić information content (AvgIpc) is 3.00. The Morgan fingerprint density at radius 1 is 1.24 bits per heavy atom. The van der Waals surface area contributed by atoms with Crippen molar-refractivity contribution in [2.45, 2.75) is 58.5 Å². The van der Waals surface area contributed by atoms with Gasteiger partial charge in [0.2, 0.25) is 0 Å². The van der Waals surface area contributed by atoms with Crippen molar-refractivity contribution in [3.05, 3.63) is 23.8 Å². The van der Waals surface area contributed by atoms with Crippen molar-refractivity contribution in [3.63, 3.8) is 0 Å². The number of ketones is 1. The summed E-state index contributed by atoms with van der Waals surface area (Å²) in [5, 5.41) is 10.2. The van der Waals surface area contributed by atoms with Gasteiger partial charge in [0.05, 0.1) is 19.3 Å². The highest BCUT2D eigenvalue weighted by molar-refractivity contribution is 5.95. The lowest BCUT2D eigenvalue weighted by atomic mass is 9.48. The molecule has 4 rings (SSSR count). The zero-order valence-electron chi connectivity index (χ0n) is 15.4. The minimum absolute atomic E-state index is 0.0777. The lowest BCUT2D eigenvalue weighted by Crippen LogP contribution is -2.53. The first-order valence-electron chi connectivity index (χ1n) is 9.87. The molecule has 0 aliphatic heterocycles. The SMILES string of the molecule is CCOOC[C@@]12CCC[C@H]1[C@@H]1C(=O)C=C3C=C[C@H](O)C[C@]3(C)[C@H]1CC2. The summed E-state index contributed by atoms with van der Waals surface area (Å²) in [6, 6.07) is 0. The van der Waals surface area contributed by atoms with Crippen molar-refractivity contribution in [3.8, 4) is 0 Å². The first-order valence-corrected chi connectivity index (χ1v) is 9.87. The molecule has 0 unspecified atom stereocenters. The summed E-state index contributed by atoms with van der Waals surface area (Å²) in [5.74, 6) is 1.10. The molecular formula is C21H30O4. The van der Waals surface area contributed by atoms with Crippen LogP contribution in [0.5, 0.6) is 0 Å². The zero-order valence-corrected chi connectivity index (χ0v) is 15.4. The maximum Gasteiger partial charge on any atom is 0.159 e. The van der Waals surface area contributed by atoms with Gasteiger partial charge in [0.25, 0.3) is 0 Å². The quantitative estimate of drug-likeness (QED) is 0.480. The van der Waals surface area contributed by atoms with E-state index in [0.29, 0.717) is 30.8 Å². The van der Waals surface area contributed by atoms with Crippen molar-refractivity contribution in [2.24, 2.45) is 28.6 Å². The van der Waals surface area contributed by atoms with E-state index in [1.54, 1.807) is 0 Å². The molecule has 0 aromatic carbocycles. The maximum atomic E-state index is 13.1. The largest absolute Gasteiger partial charge is 0.389 e. The molecular weight excluding hydrogens is 316 g/mol. The number of fused-ring (bicyclic) bond motifs is 5. The third-order valence-electron chi connectivity index (χ3n) is 7.58. The van der Waals surface area contributed by atoms with Crippen LogP contribution in [-0.2, 0) is 14.6 Å². The molecule has 0 amide bonds. The van der Waals surface area contributed by atoms with Crippen LogP contribution in [0.4, 0.5) is 0 Å². The van der Waals surface area contributed by atoms with Crippen molar-refractivity contribution < 1.29 is 19.7 Å². The third kappa shape index (κ3) is 2.65. The predicted molar refractivity (Wildman–Crippen MR) is 94.5 cm³/mol. The fraction of sp³-hybridized carbons (Fsp3) is 0.762. The van der Waals surface area contributed by atoms with Crippen LogP contribution in [0.2, 0.25) is 0 Å². The number of carbonyl (C=O) groups excluding carboxylic acids is 1. The van der Waals surface area contributed by atoms with Crippen molar-refractivity contribution >= 4 is 5.78 Å². The van der Waals surface area contributed by atoms with Gasteiger partial charge in [-0.3, -0.25) is 4.79 Å². The Bertz CT molecular complexity index is 609. The summed E-state index contributed by atoms with van der Waals surface area (Å²) in [6.45, 7) is 5.35. The second-order valence-electron chi connectivity index (χ2n) is 8.75. The summed E-state index contributed by atoms with van der Waals surface area (Å²) in [4.78, 5) is 23.8. The minimum Gasteiger partial charge on any atom is -0.389 e. The van der Waals surface area contributed by atoms with Crippen LogP contribution in [-0.4, -0.2) is 30.2 Å². The molecule has 0 radical (unpaired) electrons. The lowest BCUT2D eigenvalue weighted by Gasteiger charge is -2.55. The number of allylic oxidation sites excluding steroid dienone is 3. The third-order valence-corrected chi connectivity index (χ3v) is 7.58. The first kappa shape index (κ1) is 17.4. The fourth-order valence-electron chi connectivity index (χ4n) is 6.40. The molecule has 2 fully saturated rings. The Hall–Kier alpha value is -0.970. The molecule has 25 heavy (non-hydrogen) atoms. The Morgan fingerprint density at radius 3 is 2.88 bits per heavy atom. The van der Waals surface area contributed by atoms with Crippen LogP contribution < -0.4 is 0 Å². The van der Waals surface area contributed by atoms with E-state index in [1.807, 2.05) is 25.2 Å². The van der Waals surface area contributed by atoms with Crippen molar-refractivity contribution in [1.82, 2.24) is 0 Å². The van der Waals surface area contributed by atoms with Gasteiger partial charge in [0.1, 0.15) is 0 Å². The summed E-state index contributed by atoms with van der Waals surface area (Å²) in [6.07, 6.45) is 11.6. The molecule has 4 nitrogen and oxygen atoms in total. The van der Waals surface area contributed by atoms with E-state index in [1.165, 1.54) is 6.42 Å². The lowest BCUT2D eigenvalue weighted by molar-refractivity contribution is -0.313. The van der Waals surface area contributed by atoms with E-state index in [-0.39, 0.29) is 16.7 Å². The van der Waals surface area contributed by atoms with E-state index >= 15 is 0 Å². The van der Waals surface area contributed by atoms with E-state index in [9.17, 15) is 9.90 Å². The molecule has 0 saturated heterocycles. The van der Waals surface area contributed by atoms with Gasteiger partial charge in [0.15, 0.2) is 5.78 Å². The summed E-state index contributed by atoms with van der Waals surface area (Å²) in [5.41, 5.74) is 1.14. The van der Waals surface area contributed by atoms with Crippen LogP contribution in [0, 0.1) is 28.6 Å². The molecule has 4 aliphatic rings. The van der Waals surface area contributed by atoms with Gasteiger partial charge in [0, 0.05) is 11.3 Å². The summed E-state index contributed by atoms with van der Waals surface area (Å²) < 4.78 is 0. The smallest absolute Gasteiger partial charge is 0.159 e. The standard InChI is InChI=1S/C21H30O4/c1-3-24-25-13-21-9-4-5-17(21)19-16(8-10-21)20(2)12-15(22)7-6-14(20)11-18(19)23/h6-7,11,15-17,19,22H,3-5,8-10,12-13H2,1-2H3/t15-,16-,17-,19+,20-,21-/m0/s1. The molecule has 2 saturated carbocycles. The van der Waals surface area contributed by atoms with Gasteiger partial charge < -0.3 is 5.11 Å². The Balaban J connectivity index is 1.66. The fourth-order valence-corrected chi connectivity index (χ4v) is 6.40.